The number of methoxy groups -OCH3 is 1. The lowest BCUT2D eigenvalue weighted by Gasteiger charge is -2.40. The second-order valence-electron chi connectivity index (χ2n) is 9.84. The number of benzene rings is 1. The highest BCUT2D eigenvalue weighted by Gasteiger charge is 2.28. The maximum absolute atomic E-state index is 13.7. The van der Waals surface area contributed by atoms with Crippen LogP contribution in [0.4, 0.5) is 0 Å². The summed E-state index contributed by atoms with van der Waals surface area (Å²) in [4.78, 5) is 33.9. The van der Waals surface area contributed by atoms with E-state index in [9.17, 15) is 9.59 Å². The van der Waals surface area contributed by atoms with E-state index >= 15 is 0 Å². The molecule has 1 atom stereocenters. The lowest BCUT2D eigenvalue weighted by molar-refractivity contribution is 0.0490. The third-order valence-electron chi connectivity index (χ3n) is 7.52. The molecule has 0 radical (unpaired) electrons. The van der Waals surface area contributed by atoms with Gasteiger partial charge in [0.05, 0.1) is 28.7 Å². The van der Waals surface area contributed by atoms with Gasteiger partial charge in [-0.05, 0) is 50.8 Å². The summed E-state index contributed by atoms with van der Waals surface area (Å²) in [6.45, 7) is 9.49. The number of piperazine rings is 1. The number of rotatable bonds is 6. The van der Waals surface area contributed by atoms with E-state index in [1.807, 2.05) is 28.6 Å². The normalized spacial score (nSPS) is 20.2. The molecule has 1 aromatic carbocycles. The Balaban J connectivity index is 1.48. The van der Waals surface area contributed by atoms with Gasteiger partial charge in [0.1, 0.15) is 0 Å². The molecule has 1 amide bonds. The number of pyridine rings is 1. The number of ether oxygens (including phenoxy) is 2. The molecule has 0 saturated carbocycles. The zero-order valence-corrected chi connectivity index (χ0v) is 20.9. The van der Waals surface area contributed by atoms with Gasteiger partial charge in [0.15, 0.2) is 0 Å². The van der Waals surface area contributed by atoms with Crippen LogP contribution in [0.25, 0.3) is 21.8 Å². The number of nitrogens with zero attached hydrogens (tertiary/aromatic N) is 4. The van der Waals surface area contributed by atoms with Crippen LogP contribution in [0.3, 0.4) is 0 Å². The third kappa shape index (κ3) is 4.60. The smallest absolute Gasteiger partial charge is 0.259 e. The fourth-order valence-electron chi connectivity index (χ4n) is 5.52. The molecule has 0 unspecified atom stereocenters. The number of aromatic amines is 1. The summed E-state index contributed by atoms with van der Waals surface area (Å²) in [7, 11) is 1.73. The monoisotopic (exact) mass is 481 g/mol. The molecule has 2 saturated heterocycles. The van der Waals surface area contributed by atoms with E-state index in [2.05, 4.69) is 21.9 Å². The number of hydrogen-bond acceptors (Lipinski definition) is 6. The molecule has 9 heteroatoms. The van der Waals surface area contributed by atoms with E-state index in [0.29, 0.717) is 43.3 Å². The Morgan fingerprint density at radius 2 is 2.03 bits per heavy atom. The predicted molar refractivity (Wildman–Crippen MR) is 135 cm³/mol. The molecule has 188 valence electrons. The summed E-state index contributed by atoms with van der Waals surface area (Å²) in [6, 6.07) is 4.36. The second kappa shape index (κ2) is 10.1. The van der Waals surface area contributed by atoms with E-state index in [4.69, 9.17) is 9.47 Å². The van der Waals surface area contributed by atoms with Crippen molar-refractivity contribution in [3.8, 4) is 0 Å². The van der Waals surface area contributed by atoms with Gasteiger partial charge >= 0.3 is 0 Å². The molecule has 3 aromatic rings. The average molecular weight is 482 g/mol. The number of H-pyrrole nitrogens is 1. The average Bonchev–Trinajstić information content (AvgIpc) is 3.31. The lowest BCUT2D eigenvalue weighted by atomic mass is 10.0. The number of nitrogens with one attached hydrogen (secondary N) is 1. The van der Waals surface area contributed by atoms with E-state index in [1.54, 1.807) is 13.3 Å². The molecule has 2 aromatic heterocycles. The minimum absolute atomic E-state index is 0.0456. The maximum Gasteiger partial charge on any atom is 0.259 e. The van der Waals surface area contributed by atoms with Crippen LogP contribution in [0, 0.1) is 6.92 Å². The van der Waals surface area contributed by atoms with E-state index in [-0.39, 0.29) is 17.5 Å². The van der Waals surface area contributed by atoms with Crippen molar-refractivity contribution < 1.29 is 14.3 Å². The Morgan fingerprint density at radius 3 is 2.77 bits per heavy atom. The van der Waals surface area contributed by atoms with E-state index in [0.717, 1.165) is 60.9 Å². The van der Waals surface area contributed by atoms with Gasteiger partial charge in [0.2, 0.25) is 0 Å². The van der Waals surface area contributed by atoms with Crippen molar-refractivity contribution in [2.45, 2.75) is 45.2 Å². The van der Waals surface area contributed by atoms with Crippen LogP contribution in [-0.2, 0) is 9.47 Å². The number of aryl methyl sites for hydroxylation is 1. The first-order chi connectivity index (χ1) is 17.0. The summed E-state index contributed by atoms with van der Waals surface area (Å²) < 4.78 is 12.7. The number of amides is 1. The fourth-order valence-corrected chi connectivity index (χ4v) is 5.52. The Labute approximate surface area is 205 Å². The summed E-state index contributed by atoms with van der Waals surface area (Å²) in [5.74, 6) is 0.0456. The quantitative estimate of drug-likeness (QED) is 0.545. The van der Waals surface area contributed by atoms with Crippen LogP contribution in [0.15, 0.2) is 23.1 Å². The minimum atomic E-state index is -0.150. The minimum Gasteiger partial charge on any atom is -0.385 e. The number of fused-ring (bicyclic) bond motifs is 3. The third-order valence-corrected chi connectivity index (χ3v) is 7.52. The van der Waals surface area contributed by atoms with Gasteiger partial charge in [-0.1, -0.05) is 0 Å². The zero-order chi connectivity index (χ0) is 24.5. The molecule has 4 heterocycles. The zero-order valence-electron chi connectivity index (χ0n) is 20.9. The summed E-state index contributed by atoms with van der Waals surface area (Å²) in [6.07, 6.45) is 4.35. The SMILES string of the molecule is COCCCN1CCN(C(=O)c2cc3c(cc2C)[nH]c(=O)c2cnn(C4CCOCC4)c23)C[C@H]1C. The van der Waals surface area contributed by atoms with Crippen LogP contribution in [-0.4, -0.2) is 89.6 Å². The van der Waals surface area contributed by atoms with E-state index in [1.165, 1.54) is 0 Å². The first-order valence-corrected chi connectivity index (χ1v) is 12.6. The van der Waals surface area contributed by atoms with Crippen molar-refractivity contribution in [1.29, 1.82) is 0 Å². The van der Waals surface area contributed by atoms with Gasteiger partial charge in [-0.15, -0.1) is 0 Å². The molecule has 1 N–H and O–H groups in total. The molecule has 0 spiro atoms. The van der Waals surface area contributed by atoms with Crippen LogP contribution < -0.4 is 5.56 Å². The molecule has 35 heavy (non-hydrogen) atoms. The van der Waals surface area contributed by atoms with Gasteiger partial charge in [0, 0.05) is 70.1 Å². The number of carbonyl (C=O) groups is 1. The standard InChI is InChI=1S/C26H35N5O4/c1-17-13-23-21(24-22(25(32)28-23)15-27-31(24)19-5-11-35-12-6-19)14-20(17)26(33)30-9-8-29(18(2)16-30)7-4-10-34-3/h13-15,18-19H,4-12,16H2,1-3H3,(H,28,32)/t18-/m1/s1. The highest BCUT2D eigenvalue weighted by molar-refractivity contribution is 6.07. The van der Waals surface area contributed by atoms with Crippen LogP contribution in [0.5, 0.6) is 0 Å². The highest BCUT2D eigenvalue weighted by atomic mass is 16.5. The fraction of sp³-hybridized carbons (Fsp3) is 0.577. The molecule has 5 rings (SSSR count). The number of carbonyl (C=O) groups excluding carboxylic acids is 1. The molecule has 2 fully saturated rings. The van der Waals surface area contributed by atoms with Crippen molar-refractivity contribution in [2.24, 2.45) is 0 Å². The Hall–Kier alpha value is -2.75. The molecule has 9 nitrogen and oxygen atoms in total. The number of aromatic nitrogens is 3. The first-order valence-electron chi connectivity index (χ1n) is 12.6. The molecular weight excluding hydrogens is 446 g/mol. The summed E-state index contributed by atoms with van der Waals surface area (Å²) in [5, 5.41) is 6.02. The van der Waals surface area contributed by atoms with Gasteiger partial charge in [0.25, 0.3) is 11.5 Å². The van der Waals surface area contributed by atoms with Gasteiger partial charge in [-0.2, -0.15) is 5.10 Å². The second-order valence-corrected chi connectivity index (χ2v) is 9.84. The van der Waals surface area contributed by atoms with E-state index < -0.39 is 0 Å². The lowest BCUT2D eigenvalue weighted by Crippen LogP contribution is -2.53. The first kappa shape index (κ1) is 24.0. The Morgan fingerprint density at radius 1 is 1.23 bits per heavy atom. The Bertz CT molecular complexity index is 1280. The van der Waals surface area contributed by atoms with Gasteiger partial charge < -0.3 is 19.4 Å². The number of hydrogen-bond donors (Lipinski definition) is 1. The highest BCUT2D eigenvalue weighted by Crippen LogP contribution is 2.30. The predicted octanol–water partition coefficient (Wildman–Crippen LogP) is 2.72. The topological polar surface area (TPSA) is 92.7 Å². The maximum atomic E-state index is 13.7. The summed E-state index contributed by atoms with van der Waals surface area (Å²) >= 11 is 0. The van der Waals surface area contributed by atoms with Crippen molar-refractivity contribution >= 4 is 27.7 Å². The van der Waals surface area contributed by atoms with Crippen molar-refractivity contribution in [3.05, 3.63) is 39.8 Å². The van der Waals surface area contributed by atoms with Crippen molar-refractivity contribution in [1.82, 2.24) is 24.6 Å². The van der Waals surface area contributed by atoms with Crippen molar-refractivity contribution in [3.63, 3.8) is 0 Å². The summed E-state index contributed by atoms with van der Waals surface area (Å²) in [5.41, 5.74) is 2.95. The van der Waals surface area contributed by atoms with Crippen LogP contribution >= 0.6 is 0 Å². The van der Waals surface area contributed by atoms with Crippen LogP contribution in [0.2, 0.25) is 0 Å². The van der Waals surface area contributed by atoms with Crippen molar-refractivity contribution in [2.75, 3.05) is 53.1 Å². The largest absolute Gasteiger partial charge is 0.385 e. The molecule has 2 aliphatic heterocycles. The van der Waals surface area contributed by atoms with Crippen LogP contribution in [0.1, 0.15) is 48.1 Å². The van der Waals surface area contributed by atoms with Gasteiger partial charge in [-0.25, -0.2) is 0 Å². The molecule has 0 aliphatic carbocycles. The molecular formula is C26H35N5O4. The Kier molecular flexibility index (Phi) is 6.91. The molecule has 2 aliphatic rings. The molecule has 0 bridgehead atoms. The van der Waals surface area contributed by atoms with Gasteiger partial charge in [-0.3, -0.25) is 19.2 Å².